The zero-order chi connectivity index (χ0) is 15.4. The van der Waals surface area contributed by atoms with Crippen LogP contribution in [0.15, 0.2) is 18.2 Å². The molecule has 1 aliphatic rings. The highest BCUT2D eigenvalue weighted by molar-refractivity contribution is 5.48. The van der Waals surface area contributed by atoms with Crippen LogP contribution in [-0.2, 0) is 0 Å². The van der Waals surface area contributed by atoms with Crippen LogP contribution in [-0.4, -0.2) is 34.1 Å². The normalized spacial score (nSPS) is 21.1. The summed E-state index contributed by atoms with van der Waals surface area (Å²) in [5.41, 5.74) is 6.50. The minimum absolute atomic E-state index is 0.0328. The molecule has 0 spiro atoms. The Morgan fingerprint density at radius 2 is 2.29 bits per heavy atom. The third kappa shape index (κ3) is 3.33. The van der Waals surface area contributed by atoms with Crippen molar-refractivity contribution in [2.24, 2.45) is 5.73 Å². The fourth-order valence-corrected chi connectivity index (χ4v) is 3.23. The summed E-state index contributed by atoms with van der Waals surface area (Å²) in [6.45, 7) is 3.54. The van der Waals surface area contributed by atoms with E-state index in [-0.39, 0.29) is 17.5 Å². The molecule has 0 saturated carbocycles. The first kappa shape index (κ1) is 15.7. The summed E-state index contributed by atoms with van der Waals surface area (Å²) in [7, 11) is 0. The largest absolute Gasteiger partial charge is 0.502 e. The fourth-order valence-electron chi connectivity index (χ4n) is 3.23. The van der Waals surface area contributed by atoms with E-state index in [1.165, 1.54) is 18.6 Å². The summed E-state index contributed by atoms with van der Waals surface area (Å²) in [5.74, 6) is -0.301. The van der Waals surface area contributed by atoms with Gasteiger partial charge in [-0.1, -0.05) is 19.4 Å². The third-order valence-electron chi connectivity index (χ3n) is 4.35. The third-order valence-corrected chi connectivity index (χ3v) is 4.35. The molecule has 1 fully saturated rings. The SMILES string of the molecule is CCC1CCCCN1C(CN)c1ccc(O)c([N+](=O)[O-])c1. The molecule has 6 heteroatoms. The van der Waals surface area contributed by atoms with E-state index < -0.39 is 4.92 Å². The number of hydrogen-bond acceptors (Lipinski definition) is 5. The van der Waals surface area contributed by atoms with Gasteiger partial charge in [-0.2, -0.15) is 0 Å². The quantitative estimate of drug-likeness (QED) is 0.643. The molecule has 2 unspecified atom stereocenters. The number of nitro benzene ring substituents is 1. The number of piperidine rings is 1. The summed E-state index contributed by atoms with van der Waals surface area (Å²) in [6.07, 6.45) is 4.55. The van der Waals surface area contributed by atoms with Gasteiger partial charge in [0.25, 0.3) is 0 Å². The average Bonchev–Trinajstić information content (AvgIpc) is 2.49. The first-order chi connectivity index (χ1) is 10.1. The van der Waals surface area contributed by atoms with E-state index >= 15 is 0 Å². The van der Waals surface area contributed by atoms with Crippen LogP contribution in [0, 0.1) is 10.1 Å². The van der Waals surface area contributed by atoms with Gasteiger partial charge >= 0.3 is 5.69 Å². The van der Waals surface area contributed by atoms with Crippen molar-refractivity contribution in [2.45, 2.75) is 44.7 Å². The van der Waals surface area contributed by atoms with Crippen LogP contribution in [0.2, 0.25) is 0 Å². The van der Waals surface area contributed by atoms with Crippen LogP contribution in [0.25, 0.3) is 0 Å². The molecule has 1 heterocycles. The Labute approximate surface area is 124 Å². The molecule has 3 N–H and O–H groups in total. The van der Waals surface area contributed by atoms with Crippen molar-refractivity contribution in [2.75, 3.05) is 13.1 Å². The minimum Gasteiger partial charge on any atom is -0.502 e. The zero-order valence-corrected chi connectivity index (χ0v) is 12.4. The fraction of sp³-hybridized carbons (Fsp3) is 0.600. The van der Waals surface area contributed by atoms with Crippen molar-refractivity contribution < 1.29 is 10.0 Å². The zero-order valence-electron chi connectivity index (χ0n) is 12.4. The summed E-state index contributed by atoms with van der Waals surface area (Å²) in [6, 6.07) is 5.02. The molecule has 1 aromatic carbocycles. The molecule has 0 bridgehead atoms. The van der Waals surface area contributed by atoms with Crippen LogP contribution in [0.3, 0.4) is 0 Å². The maximum Gasteiger partial charge on any atom is 0.311 e. The number of nitro groups is 1. The molecule has 2 atom stereocenters. The van der Waals surface area contributed by atoms with Crippen LogP contribution in [0.4, 0.5) is 5.69 Å². The van der Waals surface area contributed by atoms with Gasteiger partial charge in [0.1, 0.15) is 0 Å². The van der Waals surface area contributed by atoms with Gasteiger partial charge in [-0.05, 0) is 37.4 Å². The molecule has 0 aliphatic carbocycles. The second kappa shape index (κ2) is 6.87. The van der Waals surface area contributed by atoms with Crippen LogP contribution < -0.4 is 5.73 Å². The van der Waals surface area contributed by atoms with Gasteiger partial charge < -0.3 is 10.8 Å². The standard InChI is InChI=1S/C15H23N3O3/c1-2-12-5-3-4-8-17(12)14(10-16)11-6-7-15(19)13(9-11)18(20)21/h6-7,9,12,14,19H,2-5,8,10,16H2,1H3. The lowest BCUT2D eigenvalue weighted by Gasteiger charge is -2.40. The lowest BCUT2D eigenvalue weighted by atomic mass is 9.94. The number of benzene rings is 1. The molecular weight excluding hydrogens is 270 g/mol. The van der Waals surface area contributed by atoms with Gasteiger partial charge in [0, 0.05) is 24.7 Å². The average molecular weight is 293 g/mol. The maximum absolute atomic E-state index is 11.0. The maximum atomic E-state index is 11.0. The Morgan fingerprint density at radius 1 is 1.52 bits per heavy atom. The Balaban J connectivity index is 2.32. The van der Waals surface area contributed by atoms with Crippen LogP contribution in [0.1, 0.15) is 44.2 Å². The number of phenols is 1. The van der Waals surface area contributed by atoms with E-state index in [0.717, 1.165) is 31.4 Å². The van der Waals surface area contributed by atoms with Crippen molar-refractivity contribution >= 4 is 5.69 Å². The van der Waals surface area contributed by atoms with E-state index in [2.05, 4.69) is 11.8 Å². The summed E-state index contributed by atoms with van der Waals surface area (Å²) < 4.78 is 0. The van der Waals surface area contributed by atoms with E-state index in [1.807, 2.05) is 0 Å². The molecule has 116 valence electrons. The van der Waals surface area contributed by atoms with Crippen molar-refractivity contribution in [1.82, 2.24) is 4.90 Å². The van der Waals surface area contributed by atoms with E-state index in [0.29, 0.717) is 12.6 Å². The topological polar surface area (TPSA) is 92.6 Å². The second-order valence-corrected chi connectivity index (χ2v) is 5.55. The molecule has 0 aromatic heterocycles. The van der Waals surface area contributed by atoms with Crippen molar-refractivity contribution in [3.63, 3.8) is 0 Å². The van der Waals surface area contributed by atoms with Crippen LogP contribution in [0.5, 0.6) is 5.75 Å². The van der Waals surface area contributed by atoms with Crippen molar-refractivity contribution in [1.29, 1.82) is 0 Å². The number of nitrogens with zero attached hydrogens (tertiary/aromatic N) is 2. The number of rotatable bonds is 5. The Kier molecular flexibility index (Phi) is 5.14. The molecule has 1 aliphatic heterocycles. The number of nitrogens with two attached hydrogens (primary N) is 1. The van der Waals surface area contributed by atoms with Gasteiger partial charge in [-0.15, -0.1) is 0 Å². The Morgan fingerprint density at radius 3 is 2.90 bits per heavy atom. The number of aromatic hydroxyl groups is 1. The molecular formula is C15H23N3O3. The van der Waals surface area contributed by atoms with E-state index in [1.54, 1.807) is 6.07 Å². The molecule has 2 rings (SSSR count). The van der Waals surface area contributed by atoms with Crippen molar-refractivity contribution in [3.8, 4) is 5.75 Å². The highest BCUT2D eigenvalue weighted by atomic mass is 16.6. The first-order valence-electron chi connectivity index (χ1n) is 7.51. The Bertz CT molecular complexity index is 507. The highest BCUT2D eigenvalue weighted by Crippen LogP contribution is 2.34. The van der Waals surface area contributed by atoms with Crippen LogP contribution >= 0.6 is 0 Å². The van der Waals surface area contributed by atoms with Gasteiger partial charge in [0.2, 0.25) is 0 Å². The Hall–Kier alpha value is -1.66. The monoisotopic (exact) mass is 293 g/mol. The number of phenolic OH excluding ortho intramolecular Hbond substituents is 1. The van der Waals surface area contributed by atoms with Gasteiger partial charge in [0.15, 0.2) is 5.75 Å². The lowest BCUT2D eigenvalue weighted by Crippen LogP contribution is -2.44. The predicted molar refractivity (Wildman–Crippen MR) is 81.2 cm³/mol. The molecule has 1 saturated heterocycles. The smallest absolute Gasteiger partial charge is 0.311 e. The van der Waals surface area contributed by atoms with E-state index in [4.69, 9.17) is 5.73 Å². The lowest BCUT2D eigenvalue weighted by molar-refractivity contribution is -0.386. The van der Waals surface area contributed by atoms with Crippen molar-refractivity contribution in [3.05, 3.63) is 33.9 Å². The molecule has 0 amide bonds. The summed E-state index contributed by atoms with van der Waals surface area (Å²) in [5, 5.41) is 20.6. The second-order valence-electron chi connectivity index (χ2n) is 5.55. The number of likely N-dealkylation sites (tertiary alicyclic amines) is 1. The molecule has 6 nitrogen and oxygen atoms in total. The summed E-state index contributed by atoms with van der Waals surface area (Å²) in [4.78, 5) is 12.8. The minimum atomic E-state index is -0.556. The molecule has 0 radical (unpaired) electrons. The molecule has 21 heavy (non-hydrogen) atoms. The predicted octanol–water partition coefficient (Wildman–Crippen LogP) is 2.56. The van der Waals surface area contributed by atoms with E-state index in [9.17, 15) is 15.2 Å². The highest BCUT2D eigenvalue weighted by Gasteiger charge is 2.29. The number of hydrogen-bond donors (Lipinski definition) is 2. The van der Waals surface area contributed by atoms with Gasteiger partial charge in [0.05, 0.1) is 4.92 Å². The summed E-state index contributed by atoms with van der Waals surface area (Å²) >= 11 is 0. The van der Waals surface area contributed by atoms with Gasteiger partial charge in [-0.3, -0.25) is 15.0 Å². The van der Waals surface area contributed by atoms with Gasteiger partial charge in [-0.25, -0.2) is 0 Å². The molecule has 1 aromatic rings. The first-order valence-corrected chi connectivity index (χ1v) is 7.51.